The van der Waals surface area contributed by atoms with Crippen molar-refractivity contribution in [2.45, 2.75) is 51.3 Å². The van der Waals surface area contributed by atoms with E-state index in [-0.39, 0.29) is 31.0 Å². The van der Waals surface area contributed by atoms with Gasteiger partial charge in [0.1, 0.15) is 22.9 Å². The second-order valence-electron chi connectivity index (χ2n) is 10.1. The van der Waals surface area contributed by atoms with Crippen LogP contribution in [0.3, 0.4) is 0 Å². The van der Waals surface area contributed by atoms with Gasteiger partial charge in [-0.25, -0.2) is 9.18 Å². The third kappa shape index (κ3) is 6.10. The normalized spacial score (nSPS) is 18.5. The van der Waals surface area contributed by atoms with Gasteiger partial charge < -0.3 is 9.64 Å². The first-order valence-corrected chi connectivity index (χ1v) is 12.8. The molecule has 2 fully saturated rings. The van der Waals surface area contributed by atoms with Gasteiger partial charge in [-0.1, -0.05) is 18.2 Å². The minimum atomic E-state index is -0.717. The summed E-state index contributed by atoms with van der Waals surface area (Å²) < 4.78 is 20.0. The lowest BCUT2D eigenvalue weighted by Crippen LogP contribution is -2.56. The van der Waals surface area contributed by atoms with Crippen molar-refractivity contribution < 1.29 is 18.7 Å². The van der Waals surface area contributed by atoms with E-state index in [1.807, 2.05) is 26.0 Å². The molecule has 2 aromatic carbocycles. The van der Waals surface area contributed by atoms with Crippen molar-refractivity contribution >= 4 is 23.5 Å². The standard InChI is InChI=1S/C28H36FN5O3/c1-20(2)37-24-10-5-7-21(17-24)19-33-15-12-28(13-16-33)26(30-14-11-25(35)32(3)4)31-27(36)34(28)23-9-6-8-22(29)18-23/h5-10,17-18,20H,11-16,19H2,1-4H3,(H,30,31,36). The summed E-state index contributed by atoms with van der Waals surface area (Å²) in [6, 6.07) is 13.9. The van der Waals surface area contributed by atoms with E-state index in [9.17, 15) is 14.0 Å². The van der Waals surface area contributed by atoms with E-state index in [1.165, 1.54) is 17.0 Å². The number of carbonyl (C=O) groups is 2. The van der Waals surface area contributed by atoms with E-state index < -0.39 is 11.4 Å². The maximum Gasteiger partial charge on any atom is 0.328 e. The van der Waals surface area contributed by atoms with Crippen LogP contribution in [0.1, 0.15) is 38.7 Å². The number of anilines is 1. The van der Waals surface area contributed by atoms with Gasteiger partial charge in [0.25, 0.3) is 0 Å². The maximum absolute atomic E-state index is 14.1. The Bertz CT molecular complexity index is 1160. The number of nitrogens with zero attached hydrogens (tertiary/aromatic N) is 4. The Balaban J connectivity index is 1.55. The number of carbonyl (C=O) groups excluding carboxylic acids is 2. The largest absolute Gasteiger partial charge is 0.491 e. The fraction of sp³-hybridized carbons (Fsp3) is 0.464. The zero-order valence-electron chi connectivity index (χ0n) is 22.0. The lowest BCUT2D eigenvalue weighted by atomic mass is 9.85. The summed E-state index contributed by atoms with van der Waals surface area (Å²) in [5.41, 5.74) is 0.942. The number of piperidine rings is 1. The number of rotatable bonds is 8. The lowest BCUT2D eigenvalue weighted by molar-refractivity contribution is -0.128. The van der Waals surface area contributed by atoms with Crippen LogP contribution in [0, 0.1) is 5.82 Å². The lowest BCUT2D eigenvalue weighted by Gasteiger charge is -2.43. The van der Waals surface area contributed by atoms with Gasteiger partial charge in [0.15, 0.2) is 0 Å². The van der Waals surface area contributed by atoms with Crippen LogP contribution >= 0.6 is 0 Å². The number of nitrogens with one attached hydrogen (secondary N) is 1. The number of amides is 3. The van der Waals surface area contributed by atoms with Crippen LogP contribution in [0.25, 0.3) is 0 Å². The molecule has 9 heteroatoms. The third-order valence-electron chi connectivity index (χ3n) is 6.82. The average Bonchev–Trinajstić information content (AvgIpc) is 3.10. The van der Waals surface area contributed by atoms with E-state index >= 15 is 0 Å². The molecule has 0 unspecified atom stereocenters. The first kappa shape index (κ1) is 26.6. The molecule has 2 saturated heterocycles. The SMILES string of the molecule is CC(C)Oc1cccc(CN2CCC3(CC2)C(=NCCC(=O)N(C)C)NC(=O)N3c2cccc(F)c2)c1. The van der Waals surface area contributed by atoms with Crippen molar-refractivity contribution in [1.82, 2.24) is 15.1 Å². The highest BCUT2D eigenvalue weighted by molar-refractivity contribution is 6.19. The van der Waals surface area contributed by atoms with Crippen LogP contribution in [-0.2, 0) is 11.3 Å². The third-order valence-corrected chi connectivity index (χ3v) is 6.82. The topological polar surface area (TPSA) is 77.5 Å². The molecule has 0 atom stereocenters. The zero-order chi connectivity index (χ0) is 26.6. The van der Waals surface area contributed by atoms with Gasteiger partial charge in [0.05, 0.1) is 6.10 Å². The van der Waals surface area contributed by atoms with Gasteiger partial charge in [0, 0.05) is 52.4 Å². The molecule has 0 bridgehead atoms. The summed E-state index contributed by atoms with van der Waals surface area (Å²) in [6.45, 7) is 6.51. The van der Waals surface area contributed by atoms with Crippen LogP contribution in [0.4, 0.5) is 14.9 Å². The zero-order valence-corrected chi connectivity index (χ0v) is 22.0. The molecule has 0 radical (unpaired) electrons. The molecule has 0 aromatic heterocycles. The maximum atomic E-state index is 14.1. The van der Waals surface area contributed by atoms with E-state index in [4.69, 9.17) is 4.74 Å². The molecule has 8 nitrogen and oxygen atoms in total. The molecule has 2 heterocycles. The predicted molar refractivity (Wildman–Crippen MR) is 142 cm³/mol. The van der Waals surface area contributed by atoms with Gasteiger partial charge in [-0.05, 0) is 62.6 Å². The van der Waals surface area contributed by atoms with Gasteiger partial charge in [-0.3, -0.25) is 24.9 Å². The Morgan fingerprint density at radius 1 is 1.16 bits per heavy atom. The number of hydrogen-bond donors (Lipinski definition) is 1. The molecule has 2 aliphatic heterocycles. The molecule has 2 aromatic rings. The fourth-order valence-electron chi connectivity index (χ4n) is 5.02. The molecule has 1 N–H and O–H groups in total. The second-order valence-corrected chi connectivity index (χ2v) is 10.1. The van der Waals surface area contributed by atoms with Crippen molar-refractivity contribution in [3.05, 3.63) is 59.9 Å². The van der Waals surface area contributed by atoms with Crippen LogP contribution in [0.2, 0.25) is 0 Å². The molecule has 2 aliphatic rings. The minimum Gasteiger partial charge on any atom is -0.491 e. The Morgan fingerprint density at radius 3 is 2.57 bits per heavy atom. The van der Waals surface area contributed by atoms with E-state index in [0.29, 0.717) is 24.4 Å². The van der Waals surface area contributed by atoms with Crippen molar-refractivity contribution in [3.8, 4) is 5.75 Å². The Hall–Kier alpha value is -3.46. The van der Waals surface area contributed by atoms with Gasteiger partial charge in [0.2, 0.25) is 5.91 Å². The van der Waals surface area contributed by atoms with E-state index in [2.05, 4.69) is 27.3 Å². The number of amidine groups is 1. The number of ether oxygens (including phenoxy) is 1. The summed E-state index contributed by atoms with van der Waals surface area (Å²) in [6.07, 6.45) is 1.62. The van der Waals surface area contributed by atoms with E-state index in [0.717, 1.165) is 30.9 Å². The minimum absolute atomic E-state index is 0.0248. The molecule has 4 rings (SSSR count). The highest BCUT2D eigenvalue weighted by Crippen LogP contribution is 2.38. The van der Waals surface area contributed by atoms with Crippen LogP contribution in [0.15, 0.2) is 53.5 Å². The molecule has 37 heavy (non-hydrogen) atoms. The number of hydrogen-bond acceptors (Lipinski definition) is 5. The van der Waals surface area contributed by atoms with Crippen molar-refractivity contribution in [1.29, 1.82) is 0 Å². The predicted octanol–water partition coefficient (Wildman–Crippen LogP) is 4.05. The number of halogens is 1. The van der Waals surface area contributed by atoms with Gasteiger partial charge in [-0.2, -0.15) is 0 Å². The fourth-order valence-corrected chi connectivity index (χ4v) is 5.02. The summed E-state index contributed by atoms with van der Waals surface area (Å²) in [5.74, 6) is 0.984. The first-order valence-electron chi connectivity index (χ1n) is 12.8. The summed E-state index contributed by atoms with van der Waals surface area (Å²) in [4.78, 5) is 35.5. The van der Waals surface area contributed by atoms with Crippen molar-refractivity contribution in [3.63, 3.8) is 0 Å². The molecule has 198 valence electrons. The van der Waals surface area contributed by atoms with Crippen LogP contribution in [-0.4, -0.2) is 72.9 Å². The Labute approximate surface area is 218 Å². The highest BCUT2D eigenvalue weighted by Gasteiger charge is 2.53. The molecular formula is C28H36FN5O3. The number of aliphatic imine (C=N–C) groups is 1. The quantitative estimate of drug-likeness (QED) is 0.582. The summed E-state index contributed by atoms with van der Waals surface area (Å²) in [7, 11) is 3.42. The molecule has 0 aliphatic carbocycles. The van der Waals surface area contributed by atoms with Gasteiger partial charge >= 0.3 is 6.03 Å². The van der Waals surface area contributed by atoms with E-state index in [1.54, 1.807) is 31.1 Å². The number of benzene rings is 2. The van der Waals surface area contributed by atoms with Gasteiger partial charge in [-0.15, -0.1) is 0 Å². The number of urea groups is 1. The first-order chi connectivity index (χ1) is 17.7. The Kier molecular flexibility index (Phi) is 8.12. The van der Waals surface area contributed by atoms with Crippen LogP contribution < -0.4 is 15.0 Å². The number of likely N-dealkylation sites (tertiary alicyclic amines) is 1. The smallest absolute Gasteiger partial charge is 0.328 e. The second kappa shape index (κ2) is 11.3. The van der Waals surface area contributed by atoms with Crippen molar-refractivity contribution in [2.24, 2.45) is 4.99 Å². The summed E-state index contributed by atoms with van der Waals surface area (Å²) in [5, 5.41) is 2.93. The molecule has 0 saturated carbocycles. The van der Waals surface area contributed by atoms with Crippen molar-refractivity contribution in [2.75, 3.05) is 38.6 Å². The molecule has 1 spiro atoms. The highest BCUT2D eigenvalue weighted by atomic mass is 19.1. The summed E-state index contributed by atoms with van der Waals surface area (Å²) >= 11 is 0. The Morgan fingerprint density at radius 2 is 1.89 bits per heavy atom. The average molecular weight is 510 g/mol. The monoisotopic (exact) mass is 509 g/mol. The molecular weight excluding hydrogens is 473 g/mol. The molecule has 3 amide bonds. The van der Waals surface area contributed by atoms with Crippen LogP contribution in [0.5, 0.6) is 5.75 Å².